The number of aliphatic hydroxyl groups is 1. The molecule has 0 aliphatic heterocycles. The van der Waals surface area contributed by atoms with Crippen LogP contribution in [0.25, 0.3) is 0 Å². The molecular formula is C38H76NO8P. The van der Waals surface area contributed by atoms with Crippen LogP contribution in [0.4, 0.5) is 0 Å². The van der Waals surface area contributed by atoms with Crippen LogP contribution in [0, 0.1) is 0 Å². The first-order valence-electron chi connectivity index (χ1n) is 20.0. The Labute approximate surface area is 295 Å². The number of hydrogen-bond donors (Lipinski definition) is 3. The van der Waals surface area contributed by atoms with E-state index < -0.39 is 26.5 Å². The maximum Gasteiger partial charge on any atom is 0.472 e. The molecule has 0 rings (SSSR count). The number of carbonyl (C=O) groups excluding carboxylic acids is 2. The molecule has 0 bridgehead atoms. The molecule has 0 spiro atoms. The Morgan fingerprint density at radius 3 is 1.35 bits per heavy atom. The highest BCUT2D eigenvalue weighted by Crippen LogP contribution is 2.42. The third-order valence-corrected chi connectivity index (χ3v) is 9.77. The van der Waals surface area contributed by atoms with Crippen LogP contribution in [0.5, 0.6) is 0 Å². The van der Waals surface area contributed by atoms with Gasteiger partial charge in [-0.2, -0.15) is 0 Å². The highest BCUT2D eigenvalue weighted by Gasteiger charge is 2.23. The molecule has 0 saturated heterocycles. The van der Waals surface area contributed by atoms with Crippen molar-refractivity contribution >= 4 is 19.7 Å². The van der Waals surface area contributed by atoms with Crippen LogP contribution in [0.2, 0.25) is 0 Å². The van der Waals surface area contributed by atoms with Crippen molar-refractivity contribution in [2.24, 2.45) is 0 Å². The summed E-state index contributed by atoms with van der Waals surface area (Å²) in [6.45, 7) is 3.56. The summed E-state index contributed by atoms with van der Waals surface area (Å²) >= 11 is 0. The Hall–Kier alpha value is -0.990. The minimum atomic E-state index is -4.40. The van der Waals surface area contributed by atoms with Gasteiger partial charge in [0.1, 0.15) is 12.7 Å². The largest absolute Gasteiger partial charge is 0.472 e. The molecule has 0 radical (unpaired) electrons. The van der Waals surface area contributed by atoms with Gasteiger partial charge in [-0.3, -0.25) is 18.6 Å². The van der Waals surface area contributed by atoms with Crippen LogP contribution in [0.3, 0.4) is 0 Å². The minimum Gasteiger partial charge on any atom is -0.463 e. The number of phosphoric acid groups is 1. The molecule has 3 N–H and O–H groups in total. The second-order valence-corrected chi connectivity index (χ2v) is 15.1. The van der Waals surface area contributed by atoms with Gasteiger partial charge in [0.15, 0.2) is 0 Å². The molecule has 0 fully saturated rings. The van der Waals surface area contributed by atoms with Gasteiger partial charge in [-0.05, 0) is 12.8 Å². The number of aliphatic hydroxyl groups excluding tert-OH is 1. The van der Waals surface area contributed by atoms with Crippen molar-refractivity contribution in [3.63, 3.8) is 0 Å². The number of carbonyl (C=O) groups is 2. The molecule has 10 heteroatoms. The van der Waals surface area contributed by atoms with E-state index in [0.717, 1.165) is 38.5 Å². The van der Waals surface area contributed by atoms with Gasteiger partial charge < -0.3 is 20.1 Å². The van der Waals surface area contributed by atoms with E-state index in [1.165, 1.54) is 135 Å². The summed E-state index contributed by atoms with van der Waals surface area (Å²) in [4.78, 5) is 33.7. The summed E-state index contributed by atoms with van der Waals surface area (Å²) in [5.41, 5.74) is 0. The summed E-state index contributed by atoms with van der Waals surface area (Å²) in [5, 5.41) is 12.6. The average molecular weight is 706 g/mol. The smallest absolute Gasteiger partial charge is 0.463 e. The van der Waals surface area contributed by atoms with Crippen molar-refractivity contribution in [2.45, 2.75) is 206 Å². The molecule has 2 atom stereocenters. The van der Waals surface area contributed by atoms with E-state index in [9.17, 15) is 24.2 Å². The average Bonchev–Trinajstić information content (AvgIpc) is 3.07. The summed E-state index contributed by atoms with van der Waals surface area (Å²) in [7, 11) is -4.40. The fourth-order valence-corrected chi connectivity index (χ4v) is 6.49. The number of rotatable bonds is 38. The summed E-state index contributed by atoms with van der Waals surface area (Å²) in [6.07, 6.45) is 33.2. The van der Waals surface area contributed by atoms with Gasteiger partial charge in [0.05, 0.1) is 13.2 Å². The van der Waals surface area contributed by atoms with Gasteiger partial charge in [0.25, 0.3) is 0 Å². The van der Waals surface area contributed by atoms with Crippen molar-refractivity contribution in [2.75, 3.05) is 26.4 Å². The normalized spacial score (nSPS) is 13.3. The molecule has 286 valence electrons. The molecule has 0 aromatic heterocycles. The monoisotopic (exact) mass is 706 g/mol. The van der Waals surface area contributed by atoms with Gasteiger partial charge >= 0.3 is 13.8 Å². The number of nitrogens with one attached hydrogen (secondary N) is 1. The van der Waals surface area contributed by atoms with Crippen molar-refractivity contribution in [1.82, 2.24) is 5.32 Å². The van der Waals surface area contributed by atoms with E-state index in [0.29, 0.717) is 6.42 Å². The van der Waals surface area contributed by atoms with Crippen LogP contribution >= 0.6 is 7.82 Å². The fourth-order valence-electron chi connectivity index (χ4n) is 5.73. The van der Waals surface area contributed by atoms with Crippen molar-refractivity contribution in [1.29, 1.82) is 0 Å². The number of unbranched alkanes of at least 4 members (excludes halogenated alkanes) is 25. The zero-order chi connectivity index (χ0) is 35.4. The Morgan fingerprint density at radius 2 is 0.938 bits per heavy atom. The third kappa shape index (κ3) is 36.3. The Bertz CT molecular complexity index is 769. The van der Waals surface area contributed by atoms with E-state index in [2.05, 4.69) is 19.2 Å². The second kappa shape index (κ2) is 35.8. The van der Waals surface area contributed by atoms with Crippen molar-refractivity contribution in [3.8, 4) is 0 Å². The lowest BCUT2D eigenvalue weighted by Crippen LogP contribution is -2.27. The van der Waals surface area contributed by atoms with Crippen molar-refractivity contribution in [3.05, 3.63) is 0 Å². The summed E-state index contributed by atoms with van der Waals surface area (Å²) in [6, 6.07) is 0. The van der Waals surface area contributed by atoms with E-state index in [1.54, 1.807) is 0 Å². The summed E-state index contributed by atoms with van der Waals surface area (Å²) in [5.74, 6) is -0.508. The molecule has 0 aromatic rings. The standard InChI is InChI=1S/C38H76NO8P/c1-3-5-7-9-11-13-15-16-17-18-19-20-21-22-24-26-28-30-37(41)39-32-33-46-48(43,44)47-35-36(40)34-45-38(42)31-29-27-25-23-14-12-10-8-6-4-2/h36,40H,3-35H2,1-2H3,(H,39,41)(H,43,44). The Morgan fingerprint density at radius 1 is 0.562 bits per heavy atom. The Balaban J connectivity index is 3.56. The van der Waals surface area contributed by atoms with E-state index >= 15 is 0 Å². The molecule has 0 aromatic carbocycles. The zero-order valence-electron chi connectivity index (χ0n) is 31.2. The Kier molecular flexibility index (Phi) is 35.1. The molecule has 48 heavy (non-hydrogen) atoms. The molecule has 9 nitrogen and oxygen atoms in total. The van der Waals surface area contributed by atoms with Gasteiger partial charge in [0.2, 0.25) is 5.91 Å². The highest BCUT2D eigenvalue weighted by molar-refractivity contribution is 7.47. The maximum atomic E-state index is 12.0. The highest BCUT2D eigenvalue weighted by atomic mass is 31.2. The minimum absolute atomic E-state index is 0.0881. The maximum absolute atomic E-state index is 12.0. The predicted molar refractivity (Wildman–Crippen MR) is 197 cm³/mol. The molecule has 0 saturated carbocycles. The van der Waals surface area contributed by atoms with E-state index in [-0.39, 0.29) is 32.1 Å². The van der Waals surface area contributed by atoms with Gasteiger partial charge in [-0.1, -0.05) is 174 Å². The zero-order valence-corrected chi connectivity index (χ0v) is 32.1. The number of esters is 1. The molecule has 0 heterocycles. The summed E-state index contributed by atoms with van der Waals surface area (Å²) < 4.78 is 26.8. The molecule has 1 amide bonds. The van der Waals surface area contributed by atoms with Crippen LogP contribution in [-0.2, 0) is 27.9 Å². The van der Waals surface area contributed by atoms with Crippen LogP contribution < -0.4 is 5.32 Å². The molecule has 0 aliphatic rings. The molecule has 0 aliphatic carbocycles. The first-order valence-corrected chi connectivity index (χ1v) is 21.5. The molecular weight excluding hydrogens is 629 g/mol. The first-order chi connectivity index (χ1) is 23.3. The van der Waals surface area contributed by atoms with Gasteiger partial charge in [-0.25, -0.2) is 4.57 Å². The van der Waals surface area contributed by atoms with Crippen LogP contribution in [0.15, 0.2) is 0 Å². The predicted octanol–water partition coefficient (Wildman–Crippen LogP) is 10.5. The quantitative estimate of drug-likeness (QED) is 0.0329. The third-order valence-electron chi connectivity index (χ3n) is 8.79. The topological polar surface area (TPSA) is 131 Å². The lowest BCUT2D eigenvalue weighted by atomic mass is 10.0. The van der Waals surface area contributed by atoms with Crippen LogP contribution in [0.1, 0.15) is 200 Å². The lowest BCUT2D eigenvalue weighted by Gasteiger charge is -2.15. The number of ether oxygens (including phenoxy) is 1. The number of phosphoric ester groups is 1. The van der Waals surface area contributed by atoms with Crippen molar-refractivity contribution < 1.29 is 37.9 Å². The van der Waals surface area contributed by atoms with Gasteiger partial charge in [-0.15, -0.1) is 0 Å². The second-order valence-electron chi connectivity index (χ2n) is 13.6. The van der Waals surface area contributed by atoms with Crippen LogP contribution in [-0.4, -0.2) is 54.3 Å². The fraction of sp³-hybridized carbons (Fsp3) is 0.947. The molecule has 2 unspecified atom stereocenters. The lowest BCUT2D eigenvalue weighted by molar-refractivity contribution is -0.147. The van der Waals surface area contributed by atoms with E-state index in [4.69, 9.17) is 13.8 Å². The SMILES string of the molecule is CCCCCCCCCCCCCCCCCCCC(=O)NCCOP(=O)(O)OCC(O)COC(=O)CCCCCCCCCCCC. The number of hydrogen-bond acceptors (Lipinski definition) is 7. The first kappa shape index (κ1) is 47.0. The van der Waals surface area contributed by atoms with E-state index in [1.807, 2.05) is 0 Å². The van der Waals surface area contributed by atoms with Gasteiger partial charge in [0, 0.05) is 19.4 Å². The number of amides is 1.